The average Bonchev–Trinajstić information content (AvgIpc) is 3.45. The third kappa shape index (κ3) is 4.02. The van der Waals surface area contributed by atoms with E-state index < -0.39 is 17.8 Å². The first kappa shape index (κ1) is 19.6. The van der Waals surface area contributed by atoms with E-state index in [1.807, 2.05) is 0 Å². The number of rotatable bonds is 6. The summed E-state index contributed by atoms with van der Waals surface area (Å²) >= 11 is 1.21. The van der Waals surface area contributed by atoms with Gasteiger partial charge in [0.15, 0.2) is 0 Å². The SMILES string of the molecule is N#C[C@H](Cc1ccc(-c2csc(C(N)=O)c2)cc1F)NC(=O)C1NC2CCC1C2. The van der Waals surface area contributed by atoms with Crippen molar-refractivity contribution in [2.24, 2.45) is 11.7 Å². The van der Waals surface area contributed by atoms with Crippen LogP contribution in [0.3, 0.4) is 0 Å². The second-order valence-electron chi connectivity index (χ2n) is 7.68. The van der Waals surface area contributed by atoms with Crippen LogP contribution >= 0.6 is 11.3 Å². The Hall–Kier alpha value is -2.76. The Morgan fingerprint density at radius 1 is 1.34 bits per heavy atom. The van der Waals surface area contributed by atoms with Crippen LogP contribution in [0.15, 0.2) is 29.6 Å². The summed E-state index contributed by atoms with van der Waals surface area (Å²) in [5, 5.41) is 17.2. The Balaban J connectivity index is 1.43. The van der Waals surface area contributed by atoms with E-state index in [1.165, 1.54) is 17.4 Å². The Morgan fingerprint density at radius 3 is 2.76 bits per heavy atom. The standard InChI is InChI=1S/C21H21FN4O2S/c22-17-7-11(14-8-18(20(24)27)29-10-14)1-2-12(17)5-16(9-23)26-21(28)19-13-3-4-15(6-13)25-19/h1-2,7-8,10,13,15-16,19,25H,3-6H2,(H2,24,27)(H,26,28)/t13?,15?,16-,19?/m0/s1. The monoisotopic (exact) mass is 412 g/mol. The number of nitrogens with two attached hydrogens (primary N) is 1. The number of nitriles is 1. The second kappa shape index (κ2) is 7.93. The lowest BCUT2D eigenvalue weighted by Gasteiger charge is -2.23. The van der Waals surface area contributed by atoms with Gasteiger partial charge in [-0.1, -0.05) is 12.1 Å². The minimum absolute atomic E-state index is 0.0886. The van der Waals surface area contributed by atoms with Gasteiger partial charge in [0.05, 0.1) is 17.0 Å². The molecule has 8 heteroatoms. The molecule has 3 unspecified atom stereocenters. The summed E-state index contributed by atoms with van der Waals surface area (Å²) in [7, 11) is 0. The van der Waals surface area contributed by atoms with Gasteiger partial charge in [-0.05, 0) is 59.4 Å². The molecule has 2 aromatic rings. The van der Waals surface area contributed by atoms with Gasteiger partial charge in [0.1, 0.15) is 11.9 Å². The van der Waals surface area contributed by atoms with Crippen molar-refractivity contribution in [1.29, 1.82) is 5.26 Å². The second-order valence-corrected chi connectivity index (χ2v) is 8.59. The maximum atomic E-state index is 14.6. The van der Waals surface area contributed by atoms with E-state index in [0.717, 1.165) is 19.3 Å². The fraction of sp³-hybridized carbons (Fsp3) is 0.381. The molecule has 1 aliphatic carbocycles. The average molecular weight is 412 g/mol. The summed E-state index contributed by atoms with van der Waals surface area (Å²) in [5.74, 6) is -0.831. The van der Waals surface area contributed by atoms with Gasteiger partial charge in [-0.2, -0.15) is 5.26 Å². The van der Waals surface area contributed by atoms with E-state index in [9.17, 15) is 19.2 Å². The smallest absolute Gasteiger partial charge is 0.258 e. The molecule has 4 atom stereocenters. The first-order valence-corrected chi connectivity index (χ1v) is 10.5. The van der Waals surface area contributed by atoms with Crippen LogP contribution in [0.4, 0.5) is 4.39 Å². The number of primary amides is 1. The molecule has 2 amide bonds. The lowest BCUT2D eigenvalue weighted by atomic mass is 9.98. The highest BCUT2D eigenvalue weighted by Crippen LogP contribution is 2.35. The molecule has 29 heavy (non-hydrogen) atoms. The quantitative estimate of drug-likeness (QED) is 0.677. The molecular formula is C21H21FN4O2S. The number of hydrogen-bond acceptors (Lipinski definition) is 5. The number of thiophene rings is 1. The Labute approximate surface area is 171 Å². The van der Waals surface area contributed by atoms with Crippen LogP contribution in [-0.4, -0.2) is 29.9 Å². The highest BCUT2D eigenvalue weighted by atomic mass is 32.1. The molecule has 2 aliphatic rings. The van der Waals surface area contributed by atoms with Crippen molar-refractivity contribution >= 4 is 23.2 Å². The predicted molar refractivity (Wildman–Crippen MR) is 108 cm³/mol. The number of carbonyl (C=O) groups excluding carboxylic acids is 2. The number of hydrogen-bond donors (Lipinski definition) is 3. The molecule has 150 valence electrons. The summed E-state index contributed by atoms with van der Waals surface area (Å²) in [5.41, 5.74) is 6.95. The van der Waals surface area contributed by atoms with Gasteiger partial charge in [0, 0.05) is 12.5 Å². The molecule has 2 bridgehead atoms. The van der Waals surface area contributed by atoms with E-state index in [4.69, 9.17) is 5.73 Å². The van der Waals surface area contributed by atoms with E-state index in [-0.39, 0.29) is 18.4 Å². The van der Waals surface area contributed by atoms with Crippen molar-refractivity contribution in [2.75, 3.05) is 0 Å². The van der Waals surface area contributed by atoms with E-state index in [1.54, 1.807) is 23.6 Å². The lowest BCUT2D eigenvalue weighted by molar-refractivity contribution is -0.124. The summed E-state index contributed by atoms with van der Waals surface area (Å²) in [6.07, 6.45) is 3.22. The van der Waals surface area contributed by atoms with Crippen molar-refractivity contribution in [3.8, 4) is 17.2 Å². The van der Waals surface area contributed by atoms with Gasteiger partial charge in [-0.15, -0.1) is 11.3 Å². The molecule has 4 rings (SSSR count). The molecule has 1 aromatic carbocycles. The zero-order valence-electron chi connectivity index (χ0n) is 15.7. The number of benzene rings is 1. The summed E-state index contributed by atoms with van der Waals surface area (Å²) in [6.45, 7) is 0. The van der Waals surface area contributed by atoms with Gasteiger partial charge >= 0.3 is 0 Å². The molecule has 0 radical (unpaired) electrons. The maximum absolute atomic E-state index is 14.6. The first-order chi connectivity index (χ1) is 13.9. The van der Waals surface area contributed by atoms with Crippen molar-refractivity contribution in [3.05, 3.63) is 45.9 Å². The third-order valence-corrected chi connectivity index (χ3v) is 6.71. The Kier molecular flexibility index (Phi) is 5.35. The molecule has 2 heterocycles. The number of piperidine rings is 1. The number of carbonyl (C=O) groups is 2. The third-order valence-electron chi connectivity index (χ3n) is 5.77. The van der Waals surface area contributed by atoms with Crippen LogP contribution in [0.1, 0.15) is 34.5 Å². The first-order valence-electron chi connectivity index (χ1n) is 9.57. The van der Waals surface area contributed by atoms with Gasteiger partial charge in [-0.3, -0.25) is 9.59 Å². The number of halogens is 1. The molecule has 1 saturated carbocycles. The molecule has 1 aromatic heterocycles. The molecule has 6 nitrogen and oxygen atoms in total. The van der Waals surface area contributed by atoms with Crippen molar-refractivity contribution in [2.45, 2.75) is 43.8 Å². The van der Waals surface area contributed by atoms with E-state index in [2.05, 4.69) is 16.7 Å². The van der Waals surface area contributed by atoms with Crippen molar-refractivity contribution in [3.63, 3.8) is 0 Å². The number of fused-ring (bicyclic) bond motifs is 2. The minimum atomic E-state index is -0.800. The zero-order valence-corrected chi connectivity index (χ0v) is 16.5. The molecular weight excluding hydrogens is 391 g/mol. The number of amides is 2. The van der Waals surface area contributed by atoms with E-state index >= 15 is 0 Å². The summed E-state index contributed by atoms with van der Waals surface area (Å²) in [6, 6.07) is 7.75. The van der Waals surface area contributed by atoms with Crippen molar-refractivity contribution < 1.29 is 14.0 Å². The van der Waals surface area contributed by atoms with Gasteiger partial charge in [0.2, 0.25) is 5.91 Å². The van der Waals surface area contributed by atoms with Crippen molar-refractivity contribution in [1.82, 2.24) is 10.6 Å². The normalized spacial score (nSPS) is 23.5. The fourth-order valence-corrected chi connectivity index (χ4v) is 5.04. The van der Waals surface area contributed by atoms with Gasteiger partial charge in [-0.25, -0.2) is 4.39 Å². The molecule has 2 fully saturated rings. The Bertz CT molecular complexity index is 999. The van der Waals surface area contributed by atoms with Crippen LogP contribution in [0.5, 0.6) is 0 Å². The number of nitrogens with one attached hydrogen (secondary N) is 2. The minimum Gasteiger partial charge on any atom is -0.365 e. The topological polar surface area (TPSA) is 108 Å². The van der Waals surface area contributed by atoms with E-state index in [0.29, 0.717) is 33.5 Å². The highest BCUT2D eigenvalue weighted by molar-refractivity contribution is 7.12. The maximum Gasteiger partial charge on any atom is 0.258 e. The van der Waals surface area contributed by atoms with Crippen LogP contribution < -0.4 is 16.4 Å². The molecule has 1 aliphatic heterocycles. The van der Waals surface area contributed by atoms with Crippen LogP contribution in [0, 0.1) is 23.1 Å². The largest absolute Gasteiger partial charge is 0.365 e. The van der Waals surface area contributed by atoms with Crippen LogP contribution in [-0.2, 0) is 11.2 Å². The summed E-state index contributed by atoms with van der Waals surface area (Å²) < 4.78 is 14.6. The van der Waals surface area contributed by atoms with Crippen LogP contribution in [0.25, 0.3) is 11.1 Å². The molecule has 0 spiro atoms. The van der Waals surface area contributed by atoms with Gasteiger partial charge in [0.25, 0.3) is 5.91 Å². The summed E-state index contributed by atoms with van der Waals surface area (Å²) in [4.78, 5) is 24.2. The molecule has 4 N–H and O–H groups in total. The molecule has 1 saturated heterocycles. The Morgan fingerprint density at radius 2 is 2.17 bits per heavy atom. The van der Waals surface area contributed by atoms with Gasteiger partial charge < -0.3 is 16.4 Å². The fourth-order valence-electron chi connectivity index (χ4n) is 4.27. The predicted octanol–water partition coefficient (Wildman–Crippen LogP) is 2.34. The highest BCUT2D eigenvalue weighted by Gasteiger charge is 2.43. The number of nitrogens with zero attached hydrogens (tertiary/aromatic N) is 1. The zero-order chi connectivity index (χ0) is 20.5. The van der Waals surface area contributed by atoms with Crippen LogP contribution in [0.2, 0.25) is 0 Å². The lowest BCUT2D eigenvalue weighted by Crippen LogP contribution is -2.50.